The lowest BCUT2D eigenvalue weighted by Crippen LogP contribution is -2.31. The number of fused-ring (bicyclic) bond motifs is 1. The first-order chi connectivity index (χ1) is 13.2. The number of anilines is 1. The average molecular weight is 374 g/mol. The summed E-state index contributed by atoms with van der Waals surface area (Å²) in [7, 11) is 0. The maximum atomic E-state index is 13.1. The van der Waals surface area contributed by atoms with Gasteiger partial charge < -0.3 is 5.32 Å². The van der Waals surface area contributed by atoms with Gasteiger partial charge in [-0.1, -0.05) is 72.2 Å². The molecule has 0 aliphatic rings. The summed E-state index contributed by atoms with van der Waals surface area (Å²) in [5, 5.41) is 3.59. The molecule has 0 spiro atoms. The number of nitrogens with zero attached hydrogens (tertiary/aromatic N) is 1. The van der Waals surface area contributed by atoms with Crippen LogP contribution in [0.4, 0.5) is 5.69 Å². The molecule has 0 aliphatic carbocycles. The summed E-state index contributed by atoms with van der Waals surface area (Å²) >= 11 is 1.33. The third-order valence-corrected chi connectivity index (χ3v) is 5.58. The van der Waals surface area contributed by atoms with Crippen molar-refractivity contribution in [2.45, 2.75) is 12.5 Å². The number of nitrogens with one attached hydrogen (secondary N) is 1. The first-order valence-corrected chi connectivity index (χ1v) is 9.50. The Bertz CT molecular complexity index is 1120. The van der Waals surface area contributed by atoms with E-state index in [0.29, 0.717) is 11.8 Å². The van der Waals surface area contributed by atoms with Crippen LogP contribution in [0, 0.1) is 0 Å². The van der Waals surface area contributed by atoms with Crippen molar-refractivity contribution in [3.05, 3.63) is 101 Å². The Hall–Kier alpha value is -3.18. The lowest BCUT2D eigenvalue weighted by molar-refractivity contribution is -0.119. The molecule has 3 aromatic carbocycles. The zero-order valence-electron chi connectivity index (χ0n) is 14.5. The Morgan fingerprint density at radius 2 is 1.52 bits per heavy atom. The predicted molar refractivity (Wildman–Crippen MR) is 110 cm³/mol. The van der Waals surface area contributed by atoms with Gasteiger partial charge in [-0.25, -0.2) is 0 Å². The van der Waals surface area contributed by atoms with Crippen LogP contribution in [0.1, 0.15) is 11.6 Å². The normalized spacial score (nSPS) is 12.0. The van der Waals surface area contributed by atoms with E-state index in [1.165, 1.54) is 11.5 Å². The minimum absolute atomic E-state index is 0.125. The van der Waals surface area contributed by atoms with Gasteiger partial charge in [-0.2, -0.15) is 0 Å². The minimum atomic E-state index is -0.613. The fourth-order valence-corrected chi connectivity index (χ4v) is 4.14. The van der Waals surface area contributed by atoms with Gasteiger partial charge in [-0.15, -0.1) is 0 Å². The van der Waals surface area contributed by atoms with Crippen molar-refractivity contribution in [1.29, 1.82) is 0 Å². The van der Waals surface area contributed by atoms with Crippen LogP contribution in [-0.4, -0.2) is 9.86 Å². The van der Waals surface area contributed by atoms with Gasteiger partial charge in [0.05, 0.1) is 10.1 Å². The van der Waals surface area contributed by atoms with E-state index in [2.05, 4.69) is 5.32 Å². The van der Waals surface area contributed by atoms with Crippen molar-refractivity contribution in [2.24, 2.45) is 0 Å². The van der Waals surface area contributed by atoms with Crippen LogP contribution >= 0.6 is 11.5 Å². The predicted octanol–water partition coefficient (Wildman–Crippen LogP) is 4.49. The van der Waals surface area contributed by atoms with E-state index < -0.39 is 6.04 Å². The van der Waals surface area contributed by atoms with Crippen molar-refractivity contribution in [3.8, 4) is 0 Å². The monoisotopic (exact) mass is 374 g/mol. The smallest absolute Gasteiger partial charge is 0.269 e. The van der Waals surface area contributed by atoms with Crippen molar-refractivity contribution in [2.75, 3.05) is 5.32 Å². The first-order valence-electron chi connectivity index (χ1n) is 8.73. The Morgan fingerprint density at radius 1 is 0.889 bits per heavy atom. The number of hydrogen-bond acceptors (Lipinski definition) is 3. The van der Waals surface area contributed by atoms with Gasteiger partial charge in [-0.05, 0) is 29.8 Å². The third kappa shape index (κ3) is 3.68. The quantitative estimate of drug-likeness (QED) is 0.560. The van der Waals surface area contributed by atoms with E-state index in [1.54, 1.807) is 10.0 Å². The number of hydrogen-bond donors (Lipinski definition) is 1. The van der Waals surface area contributed by atoms with Crippen molar-refractivity contribution >= 4 is 33.2 Å². The highest BCUT2D eigenvalue weighted by molar-refractivity contribution is 7.14. The van der Waals surface area contributed by atoms with Crippen LogP contribution in [0.15, 0.2) is 89.7 Å². The zero-order valence-corrected chi connectivity index (χ0v) is 15.4. The van der Waals surface area contributed by atoms with Gasteiger partial charge in [0.25, 0.3) is 5.56 Å². The molecular formula is C22H18N2O2S. The maximum absolute atomic E-state index is 13.1. The molecule has 0 fully saturated rings. The molecule has 1 unspecified atom stereocenters. The fourth-order valence-electron chi connectivity index (χ4n) is 3.06. The van der Waals surface area contributed by atoms with Crippen molar-refractivity contribution < 1.29 is 4.79 Å². The lowest BCUT2D eigenvalue weighted by Gasteiger charge is -2.17. The van der Waals surface area contributed by atoms with Crippen molar-refractivity contribution in [3.63, 3.8) is 0 Å². The van der Waals surface area contributed by atoms with E-state index >= 15 is 0 Å². The topological polar surface area (TPSA) is 51.1 Å². The van der Waals surface area contributed by atoms with E-state index in [4.69, 9.17) is 0 Å². The molecule has 0 bridgehead atoms. The largest absolute Gasteiger partial charge is 0.324 e. The highest BCUT2D eigenvalue weighted by Gasteiger charge is 2.25. The summed E-state index contributed by atoms with van der Waals surface area (Å²) in [6.45, 7) is 0. The number of rotatable bonds is 5. The molecule has 0 saturated carbocycles. The van der Waals surface area contributed by atoms with E-state index in [1.807, 2.05) is 78.9 Å². The summed E-state index contributed by atoms with van der Waals surface area (Å²) in [6, 6.07) is 25.9. The number of amides is 1. The molecule has 1 aromatic heterocycles. The van der Waals surface area contributed by atoms with Crippen molar-refractivity contribution in [1.82, 2.24) is 3.96 Å². The molecular weight excluding hydrogens is 356 g/mol. The number of aromatic nitrogens is 1. The Balaban J connectivity index is 1.74. The van der Waals surface area contributed by atoms with Gasteiger partial charge >= 0.3 is 0 Å². The van der Waals surface area contributed by atoms with Crippen LogP contribution in [-0.2, 0) is 11.2 Å². The molecule has 1 N–H and O–H groups in total. The molecule has 27 heavy (non-hydrogen) atoms. The molecule has 134 valence electrons. The van der Waals surface area contributed by atoms with E-state index in [-0.39, 0.29) is 11.5 Å². The highest BCUT2D eigenvalue weighted by Crippen LogP contribution is 2.23. The average Bonchev–Trinajstić information content (AvgIpc) is 3.04. The standard InChI is InChI=1S/C22H18N2O2S/c25-21(23-17-11-5-2-6-12-17)19(15-16-9-3-1-4-10-16)24-22(26)18-13-7-8-14-20(18)27-24/h1-14,19H,15H2,(H,23,25). The summed E-state index contributed by atoms with van der Waals surface area (Å²) in [6.07, 6.45) is 0.451. The maximum Gasteiger partial charge on any atom is 0.269 e. The van der Waals surface area contributed by atoms with Gasteiger partial charge in [0.15, 0.2) is 0 Å². The van der Waals surface area contributed by atoms with E-state index in [0.717, 1.165) is 16.0 Å². The Labute approximate surface area is 160 Å². The van der Waals surface area contributed by atoms with Crippen LogP contribution in [0.2, 0.25) is 0 Å². The number of para-hydroxylation sites is 1. The lowest BCUT2D eigenvalue weighted by atomic mass is 10.1. The molecule has 1 amide bonds. The van der Waals surface area contributed by atoms with Gasteiger partial charge in [0.1, 0.15) is 6.04 Å². The van der Waals surface area contributed by atoms with Crippen LogP contribution in [0.5, 0.6) is 0 Å². The number of benzene rings is 3. The van der Waals surface area contributed by atoms with Crippen LogP contribution < -0.4 is 10.9 Å². The first kappa shape index (κ1) is 17.2. The molecule has 1 heterocycles. The summed E-state index contributed by atoms with van der Waals surface area (Å²) in [5.41, 5.74) is 1.60. The SMILES string of the molecule is O=C(Nc1ccccc1)C(Cc1ccccc1)n1sc2ccccc2c1=O. The molecule has 0 radical (unpaired) electrons. The van der Waals surface area contributed by atoms with E-state index in [9.17, 15) is 9.59 Å². The van der Waals surface area contributed by atoms with Gasteiger partial charge in [0.2, 0.25) is 5.91 Å². The summed E-state index contributed by atoms with van der Waals surface area (Å²) in [5.74, 6) is -0.196. The Morgan fingerprint density at radius 3 is 2.22 bits per heavy atom. The second-order valence-corrected chi connectivity index (χ2v) is 7.29. The van der Waals surface area contributed by atoms with Crippen LogP contribution in [0.25, 0.3) is 10.1 Å². The molecule has 4 aromatic rings. The summed E-state index contributed by atoms with van der Waals surface area (Å²) < 4.78 is 2.48. The third-order valence-electron chi connectivity index (χ3n) is 4.41. The second-order valence-electron chi connectivity index (χ2n) is 6.28. The highest BCUT2D eigenvalue weighted by atomic mass is 32.1. The second kappa shape index (κ2) is 7.60. The molecule has 5 heteroatoms. The molecule has 4 nitrogen and oxygen atoms in total. The molecule has 4 rings (SSSR count). The zero-order chi connectivity index (χ0) is 18.6. The molecule has 0 saturated heterocycles. The van der Waals surface area contributed by atoms with Crippen LogP contribution in [0.3, 0.4) is 0 Å². The summed E-state index contributed by atoms with van der Waals surface area (Å²) in [4.78, 5) is 26.0. The number of carbonyl (C=O) groups excluding carboxylic acids is 1. The minimum Gasteiger partial charge on any atom is -0.324 e. The Kier molecular flexibility index (Phi) is 4.85. The molecule has 1 atom stereocenters. The fraction of sp³-hybridized carbons (Fsp3) is 0.0909. The van der Waals surface area contributed by atoms with Gasteiger partial charge in [-0.3, -0.25) is 13.5 Å². The number of carbonyl (C=O) groups is 1. The van der Waals surface area contributed by atoms with Gasteiger partial charge in [0, 0.05) is 12.1 Å². The molecule has 0 aliphatic heterocycles.